The zero-order chi connectivity index (χ0) is 20.1. The summed E-state index contributed by atoms with van der Waals surface area (Å²) < 4.78 is 5.43. The molecule has 5 N–H and O–H groups in total. The van der Waals surface area contributed by atoms with E-state index in [1.807, 2.05) is 19.1 Å². The lowest BCUT2D eigenvalue weighted by Gasteiger charge is -2.28. The number of carbonyl (C=O) groups is 1. The van der Waals surface area contributed by atoms with Gasteiger partial charge in [0.1, 0.15) is 11.6 Å². The van der Waals surface area contributed by atoms with Crippen molar-refractivity contribution in [3.8, 4) is 5.75 Å². The van der Waals surface area contributed by atoms with Crippen LogP contribution < -0.4 is 21.1 Å². The summed E-state index contributed by atoms with van der Waals surface area (Å²) in [5.41, 5.74) is 9.22. The molecular formula is C20H27N5O3. The van der Waals surface area contributed by atoms with E-state index in [2.05, 4.69) is 26.7 Å². The van der Waals surface area contributed by atoms with Crippen LogP contribution in [0.3, 0.4) is 0 Å². The Morgan fingerprint density at radius 2 is 1.96 bits per heavy atom. The third-order valence-electron chi connectivity index (χ3n) is 5.10. The maximum atomic E-state index is 10.7. The lowest BCUT2D eigenvalue weighted by molar-refractivity contribution is 0.185. The monoisotopic (exact) mass is 385 g/mol. The molecule has 2 aromatic rings. The number of methoxy groups -OCH3 is 1. The van der Waals surface area contributed by atoms with Gasteiger partial charge >= 0.3 is 6.09 Å². The van der Waals surface area contributed by atoms with Crippen LogP contribution in [0.2, 0.25) is 0 Å². The number of benzene rings is 1. The van der Waals surface area contributed by atoms with Gasteiger partial charge in [-0.15, -0.1) is 0 Å². The quantitative estimate of drug-likeness (QED) is 0.603. The number of amides is 1. The largest absolute Gasteiger partial charge is 0.496 e. The maximum Gasteiger partial charge on any atom is 0.404 e. The average molecular weight is 385 g/mol. The number of carboxylic acid groups (broad SMARTS) is 1. The molecule has 1 heterocycles. The molecule has 1 aromatic carbocycles. The first-order chi connectivity index (χ1) is 13.4. The summed E-state index contributed by atoms with van der Waals surface area (Å²) in [6.45, 7) is 2.04. The van der Waals surface area contributed by atoms with E-state index in [-0.39, 0.29) is 12.1 Å². The van der Waals surface area contributed by atoms with E-state index >= 15 is 0 Å². The van der Waals surface area contributed by atoms with Crippen LogP contribution in [0.25, 0.3) is 0 Å². The first-order valence-corrected chi connectivity index (χ1v) is 9.45. The minimum atomic E-state index is -0.964. The molecule has 0 aliphatic heterocycles. The highest BCUT2D eigenvalue weighted by molar-refractivity contribution is 5.64. The highest BCUT2D eigenvalue weighted by atomic mass is 16.5. The molecule has 1 aromatic heterocycles. The molecule has 0 atom stereocenters. The molecule has 1 saturated carbocycles. The Hall–Kier alpha value is -3.03. The van der Waals surface area contributed by atoms with Crippen LogP contribution in [-0.2, 0) is 6.42 Å². The van der Waals surface area contributed by atoms with Crippen molar-refractivity contribution in [2.45, 2.75) is 51.1 Å². The van der Waals surface area contributed by atoms with Gasteiger partial charge in [0.05, 0.1) is 7.11 Å². The van der Waals surface area contributed by atoms with Crippen molar-refractivity contribution >= 4 is 17.9 Å². The molecule has 1 fully saturated rings. The van der Waals surface area contributed by atoms with E-state index in [4.69, 9.17) is 15.6 Å². The second kappa shape index (κ2) is 8.77. The van der Waals surface area contributed by atoms with Crippen LogP contribution >= 0.6 is 0 Å². The summed E-state index contributed by atoms with van der Waals surface area (Å²) >= 11 is 0. The first-order valence-electron chi connectivity index (χ1n) is 9.45. The van der Waals surface area contributed by atoms with Crippen molar-refractivity contribution < 1.29 is 14.6 Å². The second-order valence-corrected chi connectivity index (χ2v) is 7.24. The fraction of sp³-hybridized carbons (Fsp3) is 0.450. The van der Waals surface area contributed by atoms with Crippen LogP contribution in [0.15, 0.2) is 24.4 Å². The smallest absolute Gasteiger partial charge is 0.404 e. The Bertz CT molecular complexity index is 835. The normalized spacial score (nSPS) is 19.1. The molecule has 8 nitrogen and oxygen atoms in total. The molecule has 0 saturated heterocycles. The molecule has 0 bridgehead atoms. The minimum absolute atomic E-state index is 0.0215. The number of aryl methyl sites for hydroxylation is 1. The molecule has 1 aliphatic carbocycles. The van der Waals surface area contributed by atoms with Crippen LogP contribution in [0, 0.1) is 6.92 Å². The van der Waals surface area contributed by atoms with E-state index in [0.717, 1.165) is 48.1 Å². The van der Waals surface area contributed by atoms with Gasteiger partial charge < -0.3 is 26.2 Å². The summed E-state index contributed by atoms with van der Waals surface area (Å²) in [5.74, 6) is 1.77. The Balaban J connectivity index is 1.62. The average Bonchev–Trinajstić information content (AvgIpc) is 2.65. The molecular weight excluding hydrogens is 358 g/mol. The van der Waals surface area contributed by atoms with Crippen LogP contribution in [0.1, 0.15) is 42.4 Å². The molecule has 1 amide bonds. The van der Waals surface area contributed by atoms with Gasteiger partial charge in [-0.25, -0.2) is 9.78 Å². The van der Waals surface area contributed by atoms with Crippen molar-refractivity contribution in [3.05, 3.63) is 41.1 Å². The molecule has 3 rings (SSSR count). The summed E-state index contributed by atoms with van der Waals surface area (Å²) in [5, 5.41) is 14.7. The van der Waals surface area contributed by atoms with Crippen LogP contribution in [0.4, 0.5) is 16.6 Å². The maximum absolute atomic E-state index is 10.7. The number of nitrogens with two attached hydrogens (primary N) is 1. The summed E-state index contributed by atoms with van der Waals surface area (Å²) in [7, 11) is 1.65. The first kappa shape index (κ1) is 19.7. The van der Waals surface area contributed by atoms with Gasteiger partial charge in [0.15, 0.2) is 0 Å². The lowest BCUT2D eigenvalue weighted by atomic mass is 9.91. The number of nitrogens with zero attached hydrogens (tertiary/aromatic N) is 2. The topological polar surface area (TPSA) is 122 Å². The Labute approximate surface area is 164 Å². The zero-order valence-electron chi connectivity index (χ0n) is 16.2. The van der Waals surface area contributed by atoms with Crippen molar-refractivity contribution in [2.75, 3.05) is 18.2 Å². The van der Waals surface area contributed by atoms with Gasteiger partial charge in [-0.2, -0.15) is 4.98 Å². The van der Waals surface area contributed by atoms with Gasteiger partial charge in [-0.1, -0.05) is 17.7 Å². The summed E-state index contributed by atoms with van der Waals surface area (Å²) in [6.07, 6.45) is 4.70. The number of nitrogen functional groups attached to an aromatic ring is 1. The molecule has 0 radical (unpaired) electrons. The Morgan fingerprint density at radius 1 is 1.25 bits per heavy atom. The molecule has 1 aliphatic rings. The number of rotatable bonds is 6. The third-order valence-corrected chi connectivity index (χ3v) is 5.10. The van der Waals surface area contributed by atoms with Gasteiger partial charge in [-0.05, 0) is 44.2 Å². The SMILES string of the molecule is COc1ccc(C)cc1Cc1cnc(NC2CCC(NC(=O)O)CC2)nc1N. The van der Waals surface area contributed by atoms with Crippen molar-refractivity contribution in [3.63, 3.8) is 0 Å². The molecule has 0 unspecified atom stereocenters. The highest BCUT2D eigenvalue weighted by Crippen LogP contribution is 2.25. The predicted octanol–water partition coefficient (Wildman–Crippen LogP) is 2.96. The van der Waals surface area contributed by atoms with E-state index in [1.54, 1.807) is 13.3 Å². The highest BCUT2D eigenvalue weighted by Gasteiger charge is 2.23. The molecule has 0 spiro atoms. The van der Waals surface area contributed by atoms with Crippen molar-refractivity contribution in [1.29, 1.82) is 0 Å². The van der Waals surface area contributed by atoms with E-state index in [1.165, 1.54) is 0 Å². The minimum Gasteiger partial charge on any atom is -0.496 e. The second-order valence-electron chi connectivity index (χ2n) is 7.24. The fourth-order valence-electron chi connectivity index (χ4n) is 3.62. The summed E-state index contributed by atoms with van der Waals surface area (Å²) in [6, 6.07) is 6.28. The van der Waals surface area contributed by atoms with E-state index in [9.17, 15) is 4.79 Å². The van der Waals surface area contributed by atoms with Crippen molar-refractivity contribution in [2.24, 2.45) is 0 Å². The fourth-order valence-corrected chi connectivity index (χ4v) is 3.62. The van der Waals surface area contributed by atoms with Gasteiger partial charge in [0.25, 0.3) is 0 Å². The zero-order valence-corrected chi connectivity index (χ0v) is 16.2. The molecule has 8 heteroatoms. The van der Waals surface area contributed by atoms with Crippen molar-refractivity contribution in [1.82, 2.24) is 15.3 Å². The number of ether oxygens (including phenoxy) is 1. The van der Waals surface area contributed by atoms with Gasteiger partial charge in [-0.3, -0.25) is 0 Å². The number of anilines is 2. The van der Waals surface area contributed by atoms with Gasteiger partial charge in [0.2, 0.25) is 5.95 Å². The van der Waals surface area contributed by atoms with E-state index in [0.29, 0.717) is 18.2 Å². The number of aromatic nitrogens is 2. The van der Waals surface area contributed by atoms with E-state index < -0.39 is 6.09 Å². The Morgan fingerprint density at radius 3 is 2.61 bits per heavy atom. The third kappa shape index (κ3) is 5.03. The molecule has 28 heavy (non-hydrogen) atoms. The standard InChI is InChI=1S/C20H27N5O3/c1-12-3-8-17(28-2)13(9-12)10-14-11-22-19(25-18(14)21)23-15-4-6-16(7-5-15)24-20(26)27/h3,8-9,11,15-16,24H,4-7,10H2,1-2H3,(H,26,27)(H3,21,22,23,25). The van der Waals surface area contributed by atoms with Crippen LogP contribution in [-0.4, -0.2) is 40.4 Å². The lowest BCUT2D eigenvalue weighted by Crippen LogP contribution is -2.39. The predicted molar refractivity (Wildman–Crippen MR) is 108 cm³/mol. The Kier molecular flexibility index (Phi) is 6.18. The number of nitrogens with one attached hydrogen (secondary N) is 2. The van der Waals surface area contributed by atoms with Gasteiger partial charge in [0, 0.05) is 30.3 Å². The van der Waals surface area contributed by atoms with Crippen LogP contribution in [0.5, 0.6) is 5.75 Å². The molecule has 150 valence electrons. The number of hydrogen-bond acceptors (Lipinski definition) is 6. The number of hydrogen-bond donors (Lipinski definition) is 4. The summed E-state index contributed by atoms with van der Waals surface area (Å²) in [4.78, 5) is 19.6.